The van der Waals surface area contributed by atoms with Crippen molar-refractivity contribution in [3.8, 4) is 0 Å². The van der Waals surface area contributed by atoms with Gasteiger partial charge in [-0.15, -0.1) is 0 Å². The fourth-order valence-corrected chi connectivity index (χ4v) is 3.18. The fraction of sp³-hybridized carbons (Fsp3) is 0.444. The molecule has 8 nitrogen and oxygen atoms in total. The van der Waals surface area contributed by atoms with Crippen molar-refractivity contribution in [3.63, 3.8) is 0 Å². The summed E-state index contributed by atoms with van der Waals surface area (Å²) in [6, 6.07) is 8.25. The quantitative estimate of drug-likeness (QED) is 0.525. The number of carbonyl (C=O) groups is 4. The number of ether oxygens (including phenoxy) is 4. The molecule has 2 rings (SSSR count). The van der Waals surface area contributed by atoms with E-state index >= 15 is 0 Å². The Hall–Kier alpha value is -2.39. The minimum absolute atomic E-state index is 0.137. The molecule has 0 spiro atoms. The van der Waals surface area contributed by atoms with Crippen molar-refractivity contribution >= 4 is 34.8 Å². The largest absolute Gasteiger partial charge is 0.452 e. The summed E-state index contributed by atoms with van der Waals surface area (Å²) in [4.78, 5) is 46.6. The van der Waals surface area contributed by atoms with Crippen molar-refractivity contribution in [1.82, 2.24) is 0 Å². The molecule has 0 saturated carbocycles. The molecule has 0 N–H and O–H groups in total. The number of hydrogen-bond donors (Lipinski definition) is 0. The van der Waals surface area contributed by atoms with Gasteiger partial charge in [0.25, 0.3) is 0 Å². The zero-order valence-corrected chi connectivity index (χ0v) is 15.9. The molecule has 1 aliphatic rings. The van der Waals surface area contributed by atoms with Gasteiger partial charge in [0, 0.05) is 26.5 Å². The number of benzene rings is 1. The van der Waals surface area contributed by atoms with E-state index in [0.717, 1.165) is 11.8 Å². The van der Waals surface area contributed by atoms with Crippen LogP contribution < -0.4 is 0 Å². The van der Waals surface area contributed by atoms with Gasteiger partial charge in [0.2, 0.25) is 12.4 Å². The molecule has 0 radical (unpaired) electrons. The van der Waals surface area contributed by atoms with Crippen LogP contribution in [0.2, 0.25) is 0 Å². The average molecular weight is 396 g/mol. The maximum Gasteiger partial charge on any atom is 0.338 e. The van der Waals surface area contributed by atoms with Crippen LogP contribution in [0.3, 0.4) is 0 Å². The molecule has 27 heavy (non-hydrogen) atoms. The van der Waals surface area contributed by atoms with Crippen LogP contribution in [0.1, 0.15) is 31.1 Å². The van der Waals surface area contributed by atoms with E-state index in [0.29, 0.717) is 5.56 Å². The van der Waals surface area contributed by atoms with Crippen molar-refractivity contribution in [2.45, 2.75) is 45.4 Å². The summed E-state index contributed by atoms with van der Waals surface area (Å²) in [5.74, 6) is -1.81. The maximum atomic E-state index is 12.4. The highest BCUT2D eigenvalue weighted by atomic mass is 32.2. The number of rotatable bonds is 6. The predicted molar refractivity (Wildman–Crippen MR) is 94.8 cm³/mol. The second-order valence-corrected chi connectivity index (χ2v) is 6.96. The van der Waals surface area contributed by atoms with Crippen molar-refractivity contribution in [1.29, 1.82) is 0 Å². The maximum absolute atomic E-state index is 12.4. The minimum atomic E-state index is -1.24. The lowest BCUT2D eigenvalue weighted by molar-refractivity contribution is -0.194. The Morgan fingerprint density at radius 1 is 0.926 bits per heavy atom. The fourth-order valence-electron chi connectivity index (χ4n) is 2.51. The Bertz CT molecular complexity index is 705. The summed E-state index contributed by atoms with van der Waals surface area (Å²) in [5, 5.41) is -0.160. The summed E-state index contributed by atoms with van der Waals surface area (Å²) in [6.45, 7) is 3.74. The van der Waals surface area contributed by atoms with Crippen LogP contribution >= 0.6 is 11.8 Å². The average Bonchev–Trinajstić information content (AvgIpc) is 2.89. The molecule has 1 fully saturated rings. The Labute approximate surface area is 160 Å². The minimum Gasteiger partial charge on any atom is -0.452 e. The van der Waals surface area contributed by atoms with Crippen LogP contribution in [0.4, 0.5) is 0 Å². The molecule has 0 aromatic heterocycles. The third kappa shape index (κ3) is 6.07. The number of carbonyl (C=O) groups excluding carboxylic acids is 4. The van der Waals surface area contributed by atoms with Crippen LogP contribution in [-0.2, 0) is 33.3 Å². The standard InChI is InChI=1S/C18H20O8S/c1-10(19)23-16-15(26-17(22)13-7-5-4-6-8-13)14(9-27-12(3)21)25-18(16)24-11(2)20/h4-8,14-16,18H,9H2,1-3H3/t14-,15+,16-,18?/m1/s1. The van der Waals surface area contributed by atoms with Crippen molar-refractivity contribution in [2.75, 3.05) is 5.75 Å². The first kappa shape index (κ1) is 20.9. The molecule has 1 heterocycles. The zero-order valence-electron chi connectivity index (χ0n) is 15.1. The van der Waals surface area contributed by atoms with Crippen molar-refractivity contribution < 1.29 is 38.1 Å². The summed E-state index contributed by atoms with van der Waals surface area (Å²) >= 11 is 0.961. The van der Waals surface area contributed by atoms with Crippen LogP contribution in [0.5, 0.6) is 0 Å². The highest BCUT2D eigenvalue weighted by Crippen LogP contribution is 2.31. The monoisotopic (exact) mass is 396 g/mol. The lowest BCUT2D eigenvalue weighted by atomic mass is 10.1. The van der Waals surface area contributed by atoms with E-state index < -0.39 is 42.5 Å². The molecule has 146 valence electrons. The van der Waals surface area contributed by atoms with E-state index in [1.54, 1.807) is 30.3 Å². The summed E-state index contributed by atoms with van der Waals surface area (Å²) in [7, 11) is 0. The van der Waals surface area contributed by atoms with Gasteiger partial charge in [-0.2, -0.15) is 0 Å². The first-order chi connectivity index (χ1) is 12.8. The second kappa shape index (κ2) is 9.52. The van der Waals surface area contributed by atoms with E-state index in [9.17, 15) is 19.2 Å². The van der Waals surface area contributed by atoms with Crippen LogP contribution in [0.15, 0.2) is 30.3 Å². The lowest BCUT2D eigenvalue weighted by Gasteiger charge is -2.23. The number of esters is 3. The van der Waals surface area contributed by atoms with Crippen LogP contribution in [-0.4, -0.2) is 53.4 Å². The first-order valence-electron chi connectivity index (χ1n) is 8.17. The molecule has 9 heteroatoms. The Morgan fingerprint density at radius 2 is 1.56 bits per heavy atom. The Morgan fingerprint density at radius 3 is 2.11 bits per heavy atom. The van der Waals surface area contributed by atoms with Gasteiger partial charge < -0.3 is 18.9 Å². The molecule has 1 saturated heterocycles. The summed E-state index contributed by atoms with van der Waals surface area (Å²) < 4.78 is 21.4. The molecule has 0 bridgehead atoms. The zero-order chi connectivity index (χ0) is 20.0. The van der Waals surface area contributed by atoms with E-state index in [1.165, 1.54) is 20.8 Å². The molecule has 0 aliphatic carbocycles. The van der Waals surface area contributed by atoms with Gasteiger partial charge in [0.1, 0.15) is 6.10 Å². The third-order valence-electron chi connectivity index (χ3n) is 3.56. The first-order valence-corrected chi connectivity index (χ1v) is 9.15. The highest BCUT2D eigenvalue weighted by molar-refractivity contribution is 8.13. The smallest absolute Gasteiger partial charge is 0.338 e. The van der Waals surface area contributed by atoms with Crippen molar-refractivity contribution in [2.24, 2.45) is 0 Å². The number of thioether (sulfide) groups is 1. The van der Waals surface area contributed by atoms with Gasteiger partial charge >= 0.3 is 17.9 Å². The van der Waals surface area contributed by atoms with E-state index in [2.05, 4.69) is 0 Å². The van der Waals surface area contributed by atoms with Gasteiger partial charge in [0.05, 0.1) is 5.56 Å². The van der Waals surface area contributed by atoms with Gasteiger partial charge in [-0.3, -0.25) is 14.4 Å². The normalized spacial score (nSPS) is 24.1. The van der Waals surface area contributed by atoms with E-state index in [-0.39, 0.29) is 10.9 Å². The van der Waals surface area contributed by atoms with Gasteiger partial charge in [0.15, 0.2) is 11.2 Å². The molecule has 1 unspecified atom stereocenters. The van der Waals surface area contributed by atoms with Crippen LogP contribution in [0, 0.1) is 0 Å². The van der Waals surface area contributed by atoms with E-state index in [4.69, 9.17) is 18.9 Å². The van der Waals surface area contributed by atoms with Crippen molar-refractivity contribution in [3.05, 3.63) is 35.9 Å². The number of hydrogen-bond acceptors (Lipinski definition) is 9. The third-order valence-corrected chi connectivity index (χ3v) is 4.46. The highest BCUT2D eigenvalue weighted by Gasteiger charge is 2.51. The molecular weight excluding hydrogens is 376 g/mol. The van der Waals surface area contributed by atoms with Gasteiger partial charge in [-0.1, -0.05) is 30.0 Å². The molecule has 1 aromatic rings. The summed E-state index contributed by atoms with van der Waals surface area (Å²) in [6.07, 6.45) is -4.23. The van der Waals surface area contributed by atoms with Gasteiger partial charge in [-0.05, 0) is 12.1 Å². The molecule has 0 amide bonds. The molecule has 4 atom stereocenters. The lowest BCUT2D eigenvalue weighted by Crippen LogP contribution is -2.41. The Balaban J connectivity index is 2.24. The van der Waals surface area contributed by atoms with Gasteiger partial charge in [-0.25, -0.2) is 4.79 Å². The molecule has 1 aliphatic heterocycles. The Kier molecular flexibility index (Phi) is 7.37. The molecular formula is C18H20O8S. The SMILES string of the molecule is CC(=O)OC1O[C@H](CSC(C)=O)[C@H](OC(=O)c2ccccc2)[C@H]1OC(C)=O. The second-order valence-electron chi connectivity index (χ2n) is 5.76. The van der Waals surface area contributed by atoms with E-state index in [1.807, 2.05) is 0 Å². The van der Waals surface area contributed by atoms with Crippen LogP contribution in [0.25, 0.3) is 0 Å². The molecule has 1 aromatic carbocycles. The summed E-state index contributed by atoms with van der Waals surface area (Å²) in [5.41, 5.74) is 0.299. The predicted octanol–water partition coefficient (Wildman–Crippen LogP) is 1.71. The topological polar surface area (TPSA) is 105 Å².